The molecule has 9 rings (SSSR count). The average molecular weight is 725 g/mol. The summed E-state index contributed by atoms with van der Waals surface area (Å²) in [6.45, 7) is 9.75. The SMILES string of the molecule is COc1ccc(C2(c3ccc(OC)cc3)C=Cc3c4c(c5cc6c(cc5c3O2)OC(OC)C(OC)O6)-c2ccccc2C42CC(C)(C)CC(C)(C)C2)cc1. The van der Waals surface area contributed by atoms with Crippen LogP contribution in [-0.2, 0) is 20.5 Å². The first-order chi connectivity index (χ1) is 25.9. The van der Waals surface area contributed by atoms with E-state index in [4.69, 9.17) is 33.2 Å². The van der Waals surface area contributed by atoms with Crippen LogP contribution < -0.4 is 23.7 Å². The van der Waals surface area contributed by atoms with Crippen molar-refractivity contribution in [2.45, 2.75) is 70.6 Å². The summed E-state index contributed by atoms with van der Waals surface area (Å²) in [5.41, 5.74) is 7.25. The van der Waals surface area contributed by atoms with E-state index in [0.717, 1.165) is 64.0 Å². The highest BCUT2D eigenvalue weighted by atomic mass is 16.8. The second-order valence-electron chi connectivity index (χ2n) is 16.9. The molecular weight excluding hydrogens is 677 g/mol. The van der Waals surface area contributed by atoms with Crippen molar-refractivity contribution in [2.75, 3.05) is 28.4 Å². The van der Waals surface area contributed by atoms with Crippen molar-refractivity contribution < 1.29 is 33.2 Å². The molecule has 2 heterocycles. The molecule has 2 aliphatic carbocycles. The van der Waals surface area contributed by atoms with Crippen molar-refractivity contribution in [1.29, 1.82) is 0 Å². The van der Waals surface area contributed by atoms with Gasteiger partial charge in [0.05, 0.1) is 14.2 Å². The molecule has 0 radical (unpaired) electrons. The zero-order valence-corrected chi connectivity index (χ0v) is 32.4. The van der Waals surface area contributed by atoms with Crippen LogP contribution in [0.3, 0.4) is 0 Å². The second kappa shape index (κ2) is 12.3. The first kappa shape index (κ1) is 34.8. The summed E-state index contributed by atoms with van der Waals surface area (Å²) in [4.78, 5) is 0. The summed E-state index contributed by atoms with van der Waals surface area (Å²) < 4.78 is 43.1. The molecule has 0 aromatic heterocycles. The standard InChI is InChI=1S/C47H48O7/c1-44(2)25-45(3,4)27-46(26-44)36-12-10-9-11-32(36)39-34-23-37-38(53-43(51-8)42(50-7)52-37)24-35(34)41-33(40(39)46)21-22-47(54-41,28-13-17-30(48-5)18-14-28)29-15-19-31(49-6)20-16-29/h9-24,42-43H,25-27H2,1-8H3. The molecule has 54 heavy (non-hydrogen) atoms. The smallest absolute Gasteiger partial charge is 0.263 e. The van der Waals surface area contributed by atoms with Gasteiger partial charge in [0.2, 0.25) is 0 Å². The van der Waals surface area contributed by atoms with Crippen LogP contribution in [0.4, 0.5) is 0 Å². The maximum atomic E-state index is 7.68. The molecule has 4 aliphatic rings. The van der Waals surface area contributed by atoms with E-state index in [2.05, 4.69) is 101 Å². The Labute approximate surface area is 317 Å². The van der Waals surface area contributed by atoms with Crippen molar-refractivity contribution in [3.63, 3.8) is 0 Å². The lowest BCUT2D eigenvalue weighted by Crippen LogP contribution is -2.44. The van der Waals surface area contributed by atoms with E-state index in [9.17, 15) is 0 Å². The van der Waals surface area contributed by atoms with E-state index in [1.54, 1.807) is 28.4 Å². The third-order valence-electron chi connectivity index (χ3n) is 12.0. The fourth-order valence-electron chi connectivity index (χ4n) is 10.7. The number of methoxy groups -OCH3 is 4. The number of hydrogen-bond donors (Lipinski definition) is 0. The normalized spacial score (nSPS) is 21.9. The van der Waals surface area contributed by atoms with Gasteiger partial charge in [-0.15, -0.1) is 0 Å². The number of benzene rings is 5. The third kappa shape index (κ3) is 5.15. The molecule has 0 saturated heterocycles. The molecule has 1 saturated carbocycles. The Morgan fingerprint density at radius 3 is 1.70 bits per heavy atom. The fraction of sp³-hybridized carbons (Fsp3) is 0.362. The van der Waals surface area contributed by atoms with Crippen molar-refractivity contribution >= 4 is 16.8 Å². The van der Waals surface area contributed by atoms with Gasteiger partial charge in [0.15, 0.2) is 17.1 Å². The quantitative estimate of drug-likeness (QED) is 0.173. The van der Waals surface area contributed by atoms with Crippen LogP contribution in [0, 0.1) is 10.8 Å². The highest BCUT2D eigenvalue weighted by Gasteiger charge is 2.55. The minimum Gasteiger partial charge on any atom is -0.497 e. The van der Waals surface area contributed by atoms with Gasteiger partial charge in [0.25, 0.3) is 12.6 Å². The van der Waals surface area contributed by atoms with E-state index in [0.29, 0.717) is 11.5 Å². The van der Waals surface area contributed by atoms with E-state index in [1.807, 2.05) is 24.3 Å². The Morgan fingerprint density at radius 1 is 0.630 bits per heavy atom. The predicted molar refractivity (Wildman–Crippen MR) is 211 cm³/mol. The molecule has 5 aromatic rings. The molecule has 0 N–H and O–H groups in total. The minimum atomic E-state index is -0.972. The maximum Gasteiger partial charge on any atom is 0.263 e. The Kier molecular flexibility index (Phi) is 7.90. The first-order valence-corrected chi connectivity index (χ1v) is 18.8. The second-order valence-corrected chi connectivity index (χ2v) is 16.9. The largest absolute Gasteiger partial charge is 0.497 e. The molecule has 7 nitrogen and oxygen atoms in total. The number of hydrogen-bond acceptors (Lipinski definition) is 7. The summed E-state index contributed by atoms with van der Waals surface area (Å²) in [7, 11) is 6.57. The first-order valence-electron chi connectivity index (χ1n) is 18.8. The van der Waals surface area contributed by atoms with E-state index in [-0.39, 0.29) is 16.2 Å². The highest BCUT2D eigenvalue weighted by Crippen LogP contribution is 2.67. The maximum absolute atomic E-state index is 7.68. The monoisotopic (exact) mass is 724 g/mol. The van der Waals surface area contributed by atoms with Crippen molar-refractivity contribution in [1.82, 2.24) is 0 Å². The lowest BCUT2D eigenvalue weighted by Gasteiger charge is -2.52. The zero-order chi connectivity index (χ0) is 37.6. The molecule has 1 fully saturated rings. The molecule has 1 spiro atoms. The Balaban J connectivity index is 1.38. The van der Waals surface area contributed by atoms with Gasteiger partial charge in [-0.2, -0.15) is 0 Å². The van der Waals surface area contributed by atoms with Gasteiger partial charge in [-0.25, -0.2) is 0 Å². The lowest BCUT2D eigenvalue weighted by atomic mass is 9.52. The van der Waals surface area contributed by atoms with Gasteiger partial charge >= 0.3 is 0 Å². The summed E-state index contributed by atoms with van der Waals surface area (Å²) in [5, 5.41) is 1.99. The Morgan fingerprint density at radius 2 is 1.17 bits per heavy atom. The Bertz CT molecular complexity index is 2240. The van der Waals surface area contributed by atoms with Gasteiger partial charge in [0.1, 0.15) is 17.2 Å². The van der Waals surface area contributed by atoms with Gasteiger partial charge in [-0.05, 0) is 100 Å². The summed E-state index contributed by atoms with van der Waals surface area (Å²) in [6, 6.07) is 29.5. The van der Waals surface area contributed by atoms with Crippen LogP contribution in [0.2, 0.25) is 0 Å². The number of ether oxygens (including phenoxy) is 7. The van der Waals surface area contributed by atoms with Gasteiger partial charge < -0.3 is 33.2 Å². The molecule has 2 unspecified atom stereocenters. The predicted octanol–water partition coefficient (Wildman–Crippen LogP) is 10.4. The Hall–Kier alpha value is -4.98. The van der Waals surface area contributed by atoms with Gasteiger partial charge in [-0.1, -0.05) is 82.3 Å². The molecular formula is C47H48O7. The molecule has 278 valence electrons. The average Bonchev–Trinajstić information content (AvgIpc) is 3.43. The summed E-state index contributed by atoms with van der Waals surface area (Å²) in [6.07, 6.45) is 6.30. The van der Waals surface area contributed by atoms with E-state index in [1.165, 1.54) is 22.3 Å². The zero-order valence-electron chi connectivity index (χ0n) is 32.4. The van der Waals surface area contributed by atoms with Crippen LogP contribution in [0.15, 0.2) is 91.0 Å². The number of rotatable bonds is 6. The molecule has 5 aromatic carbocycles. The minimum absolute atomic E-state index is 0.0984. The van der Waals surface area contributed by atoms with E-state index < -0.39 is 18.2 Å². The topological polar surface area (TPSA) is 64.6 Å². The summed E-state index contributed by atoms with van der Waals surface area (Å²) in [5.74, 6) is 3.54. The van der Waals surface area contributed by atoms with Crippen LogP contribution >= 0.6 is 0 Å². The van der Waals surface area contributed by atoms with E-state index >= 15 is 0 Å². The van der Waals surface area contributed by atoms with Crippen molar-refractivity contribution in [3.05, 3.63) is 119 Å². The van der Waals surface area contributed by atoms with Crippen LogP contribution in [0.25, 0.3) is 28.0 Å². The molecule has 2 atom stereocenters. The molecule has 0 amide bonds. The number of fused-ring (bicyclic) bond motifs is 11. The van der Waals surface area contributed by atoms with Crippen LogP contribution in [0.1, 0.15) is 74.8 Å². The van der Waals surface area contributed by atoms with Crippen LogP contribution in [0.5, 0.6) is 28.7 Å². The molecule has 0 bridgehead atoms. The van der Waals surface area contributed by atoms with Crippen LogP contribution in [-0.4, -0.2) is 41.0 Å². The van der Waals surface area contributed by atoms with Crippen molar-refractivity contribution in [3.8, 4) is 39.9 Å². The third-order valence-corrected chi connectivity index (χ3v) is 12.0. The molecule has 2 aliphatic heterocycles. The molecule has 7 heteroatoms. The fourth-order valence-corrected chi connectivity index (χ4v) is 10.7. The highest BCUT2D eigenvalue weighted by molar-refractivity contribution is 6.09. The van der Waals surface area contributed by atoms with Gasteiger partial charge in [0, 0.05) is 41.7 Å². The van der Waals surface area contributed by atoms with Crippen molar-refractivity contribution in [2.24, 2.45) is 10.8 Å². The lowest BCUT2D eigenvalue weighted by molar-refractivity contribution is -0.223. The summed E-state index contributed by atoms with van der Waals surface area (Å²) >= 11 is 0. The van der Waals surface area contributed by atoms with Gasteiger partial charge in [-0.3, -0.25) is 0 Å².